The van der Waals surface area contributed by atoms with E-state index in [0.717, 1.165) is 47.0 Å². The Hall–Kier alpha value is -2.37. The number of amides is 1. The molecule has 2 heterocycles. The molecule has 0 saturated carbocycles. The number of nitrogens with zero attached hydrogens (tertiary/aromatic N) is 1. The third kappa shape index (κ3) is 3.38. The van der Waals surface area contributed by atoms with E-state index in [0.29, 0.717) is 13.0 Å². The molecule has 4 rings (SSSR count). The number of morpholine rings is 1. The molecule has 1 saturated heterocycles. The molecule has 0 spiro atoms. The second-order valence-corrected chi connectivity index (χ2v) is 6.66. The summed E-state index contributed by atoms with van der Waals surface area (Å²) in [6.45, 7) is 3.05. The molecule has 1 fully saturated rings. The Bertz CT molecular complexity index is 902. The first-order valence-electron chi connectivity index (χ1n) is 8.65. The van der Waals surface area contributed by atoms with E-state index in [4.69, 9.17) is 9.15 Å². The summed E-state index contributed by atoms with van der Waals surface area (Å²) in [5.74, 6) is -0.00698. The van der Waals surface area contributed by atoms with Crippen molar-refractivity contribution in [2.45, 2.75) is 12.5 Å². The van der Waals surface area contributed by atoms with E-state index in [2.05, 4.69) is 29.4 Å². The molecule has 2 aromatic carbocycles. The van der Waals surface area contributed by atoms with E-state index in [-0.39, 0.29) is 12.0 Å². The van der Waals surface area contributed by atoms with E-state index in [1.807, 2.05) is 24.3 Å². The van der Waals surface area contributed by atoms with Crippen LogP contribution in [0.3, 0.4) is 0 Å². The van der Waals surface area contributed by atoms with Crippen LogP contribution >= 0.6 is 0 Å². The summed E-state index contributed by atoms with van der Waals surface area (Å²) in [7, 11) is 2.07. The molecule has 5 nitrogen and oxygen atoms in total. The summed E-state index contributed by atoms with van der Waals surface area (Å²) < 4.78 is 11.3. The van der Waals surface area contributed by atoms with E-state index in [1.165, 1.54) is 0 Å². The number of nitrogens with one attached hydrogen (secondary N) is 1. The van der Waals surface area contributed by atoms with Crippen molar-refractivity contribution in [1.82, 2.24) is 10.2 Å². The number of ether oxygens (including phenoxy) is 1. The highest BCUT2D eigenvalue weighted by molar-refractivity contribution is 6.08. The van der Waals surface area contributed by atoms with Crippen molar-refractivity contribution in [3.05, 3.63) is 48.2 Å². The normalized spacial score (nSPS) is 18.7. The first-order chi connectivity index (χ1) is 12.2. The van der Waals surface area contributed by atoms with E-state index >= 15 is 0 Å². The molecule has 1 atom stereocenters. The van der Waals surface area contributed by atoms with Crippen molar-refractivity contribution in [1.29, 1.82) is 0 Å². The lowest BCUT2D eigenvalue weighted by molar-refractivity contribution is -0.121. The second-order valence-electron chi connectivity index (χ2n) is 6.66. The van der Waals surface area contributed by atoms with E-state index in [9.17, 15) is 4.79 Å². The molecule has 25 heavy (non-hydrogen) atoms. The van der Waals surface area contributed by atoms with E-state index < -0.39 is 0 Å². The van der Waals surface area contributed by atoms with Gasteiger partial charge in [0.1, 0.15) is 5.58 Å². The Balaban J connectivity index is 1.48. The highest BCUT2D eigenvalue weighted by Gasteiger charge is 2.19. The minimum absolute atomic E-state index is 0.00698. The van der Waals surface area contributed by atoms with Gasteiger partial charge in [-0.3, -0.25) is 4.79 Å². The Morgan fingerprint density at radius 2 is 2.16 bits per heavy atom. The molecule has 0 bridgehead atoms. The first kappa shape index (κ1) is 16.1. The summed E-state index contributed by atoms with van der Waals surface area (Å²) >= 11 is 0. The quantitative estimate of drug-likeness (QED) is 0.794. The monoisotopic (exact) mass is 338 g/mol. The lowest BCUT2D eigenvalue weighted by Crippen LogP contribution is -2.46. The summed E-state index contributed by atoms with van der Waals surface area (Å²) in [6, 6.07) is 12.2. The summed E-state index contributed by atoms with van der Waals surface area (Å²) in [6.07, 6.45) is 2.06. The lowest BCUT2D eigenvalue weighted by Gasteiger charge is -2.30. The zero-order valence-electron chi connectivity index (χ0n) is 14.3. The second kappa shape index (κ2) is 6.86. The van der Waals surface area contributed by atoms with Crippen LogP contribution in [0.1, 0.15) is 5.56 Å². The topological polar surface area (TPSA) is 54.7 Å². The number of benzene rings is 2. The first-order valence-corrected chi connectivity index (χ1v) is 8.65. The zero-order chi connectivity index (χ0) is 17.2. The largest absolute Gasteiger partial charge is 0.464 e. The Morgan fingerprint density at radius 1 is 1.28 bits per heavy atom. The van der Waals surface area contributed by atoms with Gasteiger partial charge >= 0.3 is 0 Å². The fourth-order valence-electron chi connectivity index (χ4n) is 3.46. The van der Waals surface area contributed by atoms with Gasteiger partial charge in [0.25, 0.3) is 0 Å². The molecular formula is C20H22N2O3. The van der Waals surface area contributed by atoms with Crippen LogP contribution in [0, 0.1) is 0 Å². The average Bonchev–Trinajstić information content (AvgIpc) is 3.03. The number of furan rings is 1. The van der Waals surface area contributed by atoms with Crippen LogP contribution in [0.2, 0.25) is 0 Å². The maximum Gasteiger partial charge on any atom is 0.224 e. The van der Waals surface area contributed by atoms with Crippen LogP contribution in [0.4, 0.5) is 0 Å². The SMILES string of the molecule is CN1CCOC(CNC(=O)Cc2coc3ccc4ccccc4c23)C1. The molecule has 1 aliphatic heterocycles. The number of carbonyl (C=O) groups excluding carboxylic acids is 1. The fourth-order valence-corrected chi connectivity index (χ4v) is 3.46. The van der Waals surface area contributed by atoms with Gasteiger partial charge in [0.15, 0.2) is 0 Å². The lowest BCUT2D eigenvalue weighted by atomic mass is 10.0. The van der Waals surface area contributed by atoms with Gasteiger partial charge in [-0.25, -0.2) is 0 Å². The average molecular weight is 338 g/mol. The van der Waals surface area contributed by atoms with Gasteiger partial charge in [0, 0.05) is 30.6 Å². The third-order valence-electron chi connectivity index (χ3n) is 4.76. The summed E-state index contributed by atoms with van der Waals surface area (Å²) in [5, 5.41) is 6.29. The van der Waals surface area contributed by atoms with Crippen LogP contribution in [-0.2, 0) is 16.0 Å². The molecule has 1 aliphatic rings. The molecule has 0 aliphatic carbocycles. The van der Waals surface area contributed by atoms with Crippen LogP contribution in [0.15, 0.2) is 47.1 Å². The number of likely N-dealkylation sites (N-methyl/N-ethyl adjacent to an activating group) is 1. The number of fused-ring (bicyclic) bond motifs is 3. The smallest absolute Gasteiger partial charge is 0.224 e. The standard InChI is InChI=1S/C20H22N2O3/c1-22-8-9-24-16(12-22)11-21-19(23)10-15-13-25-18-7-6-14-4-2-3-5-17(14)20(15)18/h2-7,13,16H,8-12H2,1H3,(H,21,23). The highest BCUT2D eigenvalue weighted by atomic mass is 16.5. The number of hydrogen-bond acceptors (Lipinski definition) is 4. The number of hydrogen-bond donors (Lipinski definition) is 1. The van der Waals surface area contributed by atoms with E-state index in [1.54, 1.807) is 6.26 Å². The Kier molecular flexibility index (Phi) is 4.42. The van der Waals surface area contributed by atoms with Crippen molar-refractivity contribution in [3.63, 3.8) is 0 Å². The molecule has 5 heteroatoms. The Morgan fingerprint density at radius 3 is 3.04 bits per heavy atom. The maximum atomic E-state index is 12.4. The summed E-state index contributed by atoms with van der Waals surface area (Å²) in [5.41, 5.74) is 1.74. The van der Waals surface area contributed by atoms with Gasteiger partial charge in [-0.2, -0.15) is 0 Å². The van der Waals surface area contributed by atoms with Crippen molar-refractivity contribution < 1.29 is 13.9 Å². The van der Waals surface area contributed by atoms with Crippen LogP contribution < -0.4 is 5.32 Å². The molecule has 0 radical (unpaired) electrons. The minimum Gasteiger partial charge on any atom is -0.464 e. The van der Waals surface area contributed by atoms with Crippen molar-refractivity contribution in [3.8, 4) is 0 Å². The zero-order valence-corrected chi connectivity index (χ0v) is 14.3. The fraction of sp³-hybridized carbons (Fsp3) is 0.350. The minimum atomic E-state index is -0.00698. The molecule has 130 valence electrons. The van der Waals surface area contributed by atoms with Gasteiger partial charge in [0.2, 0.25) is 5.91 Å². The highest BCUT2D eigenvalue weighted by Crippen LogP contribution is 2.30. The predicted molar refractivity (Wildman–Crippen MR) is 97.7 cm³/mol. The Labute approximate surface area is 146 Å². The van der Waals surface area contributed by atoms with Crippen molar-refractivity contribution in [2.24, 2.45) is 0 Å². The third-order valence-corrected chi connectivity index (χ3v) is 4.76. The number of carbonyl (C=O) groups is 1. The summed E-state index contributed by atoms with van der Waals surface area (Å²) in [4.78, 5) is 14.6. The van der Waals surface area contributed by atoms with Crippen LogP contribution in [0.25, 0.3) is 21.7 Å². The van der Waals surface area contributed by atoms with Crippen LogP contribution in [0.5, 0.6) is 0 Å². The van der Waals surface area contributed by atoms with Crippen molar-refractivity contribution in [2.75, 3.05) is 33.3 Å². The van der Waals surface area contributed by atoms with Gasteiger partial charge in [-0.15, -0.1) is 0 Å². The molecule has 1 N–H and O–H groups in total. The number of rotatable bonds is 4. The van der Waals surface area contributed by atoms with Gasteiger partial charge < -0.3 is 19.4 Å². The van der Waals surface area contributed by atoms with Gasteiger partial charge in [-0.05, 0) is 23.9 Å². The molecule has 1 aromatic heterocycles. The van der Waals surface area contributed by atoms with Gasteiger partial charge in [-0.1, -0.05) is 30.3 Å². The molecule has 1 amide bonds. The van der Waals surface area contributed by atoms with Gasteiger partial charge in [0.05, 0.1) is 25.4 Å². The molecule has 3 aromatic rings. The predicted octanol–water partition coefficient (Wildman–Crippen LogP) is 2.58. The molecular weight excluding hydrogens is 316 g/mol. The van der Waals surface area contributed by atoms with Crippen molar-refractivity contribution >= 4 is 27.6 Å². The maximum absolute atomic E-state index is 12.4. The van der Waals surface area contributed by atoms with Crippen LogP contribution in [-0.4, -0.2) is 50.2 Å². The molecule has 1 unspecified atom stereocenters.